The number of carbonyl (C=O) groups is 2. The molecule has 1 aliphatic heterocycles. The number of nitrogens with one attached hydrogen (secondary N) is 3. The second-order valence-electron chi connectivity index (χ2n) is 9.69. The van der Waals surface area contributed by atoms with Gasteiger partial charge in [-0.25, -0.2) is 12.8 Å². The van der Waals surface area contributed by atoms with Gasteiger partial charge < -0.3 is 10.6 Å². The number of rotatable bonds is 10. The fourth-order valence-electron chi connectivity index (χ4n) is 4.69. The minimum Gasteiger partial charge on any atom is -0.357 e. The minimum atomic E-state index is -3.94. The normalized spacial score (nSPS) is 14.8. The third-order valence-corrected chi connectivity index (χ3v) is 8.62. The van der Waals surface area contributed by atoms with Crippen LogP contribution in [0.5, 0.6) is 0 Å². The summed E-state index contributed by atoms with van der Waals surface area (Å²) in [7, 11) is -2.52. The summed E-state index contributed by atoms with van der Waals surface area (Å²) in [6, 6.07) is 17.8. The predicted octanol–water partition coefficient (Wildman–Crippen LogP) is 4.46. The highest BCUT2D eigenvalue weighted by molar-refractivity contribution is 7.92. The molecule has 0 bridgehead atoms. The number of hydrogen-bond acceptors (Lipinski definition) is 5. The molecular formula is C28H29Cl2FN4O4S. The molecule has 0 aliphatic carbocycles. The lowest BCUT2D eigenvalue weighted by Crippen LogP contribution is -2.51. The summed E-state index contributed by atoms with van der Waals surface area (Å²) in [5.74, 6) is -2.72. The fourth-order valence-corrected chi connectivity index (χ4v) is 6.35. The Hall–Kier alpha value is -3.18. The Bertz CT molecular complexity index is 1440. The first-order valence-corrected chi connectivity index (χ1v) is 14.9. The zero-order chi connectivity index (χ0) is 29.0. The molecule has 8 nitrogen and oxygen atoms in total. The van der Waals surface area contributed by atoms with Gasteiger partial charge >= 0.3 is 0 Å². The van der Waals surface area contributed by atoms with Crippen LogP contribution in [0.3, 0.4) is 0 Å². The van der Waals surface area contributed by atoms with Crippen molar-refractivity contribution in [3.63, 3.8) is 0 Å². The molecule has 1 unspecified atom stereocenters. The van der Waals surface area contributed by atoms with Crippen molar-refractivity contribution in [3.05, 3.63) is 99.3 Å². The topological polar surface area (TPSA) is 108 Å². The van der Waals surface area contributed by atoms with Gasteiger partial charge in [0.25, 0.3) is 5.91 Å². The number of hydrogen-bond donors (Lipinski definition) is 3. The van der Waals surface area contributed by atoms with Gasteiger partial charge in [0, 0.05) is 36.1 Å². The summed E-state index contributed by atoms with van der Waals surface area (Å²) in [5.41, 5.74) is 1.30. The van der Waals surface area contributed by atoms with Gasteiger partial charge in [0.1, 0.15) is 6.04 Å². The van der Waals surface area contributed by atoms with Crippen LogP contribution in [0.25, 0.3) is 0 Å². The van der Waals surface area contributed by atoms with Crippen LogP contribution in [0.4, 0.5) is 10.1 Å². The van der Waals surface area contributed by atoms with Crippen molar-refractivity contribution in [3.8, 4) is 0 Å². The fraction of sp³-hybridized carbons (Fsp3) is 0.286. The van der Waals surface area contributed by atoms with E-state index in [0.29, 0.717) is 23.1 Å². The maximum Gasteiger partial charge on any atom is 0.254 e. The van der Waals surface area contributed by atoms with Crippen LogP contribution >= 0.6 is 23.2 Å². The van der Waals surface area contributed by atoms with E-state index in [4.69, 9.17) is 23.2 Å². The van der Waals surface area contributed by atoms with Gasteiger partial charge in [0.15, 0.2) is 5.82 Å². The molecule has 3 aromatic rings. The Morgan fingerprint density at radius 1 is 0.975 bits per heavy atom. The van der Waals surface area contributed by atoms with E-state index < -0.39 is 33.7 Å². The molecule has 3 N–H and O–H groups in total. The molecule has 1 aliphatic rings. The lowest BCUT2D eigenvalue weighted by Gasteiger charge is -2.44. The SMILES string of the molecule is CNC(=O)C(C)NC(=O)c1cccc(NS(=O)(=O)CC2CN(C(c3ccc(Cl)cc3)c3ccc(Cl)cc3)C2)c1F. The van der Waals surface area contributed by atoms with E-state index in [-0.39, 0.29) is 29.0 Å². The van der Waals surface area contributed by atoms with E-state index in [0.717, 1.165) is 11.1 Å². The predicted molar refractivity (Wildman–Crippen MR) is 155 cm³/mol. The third-order valence-electron chi connectivity index (χ3n) is 6.67. The van der Waals surface area contributed by atoms with Crippen molar-refractivity contribution in [1.82, 2.24) is 15.5 Å². The quantitative estimate of drug-likeness (QED) is 0.316. The number of carbonyl (C=O) groups excluding carboxylic acids is 2. The molecule has 0 saturated carbocycles. The number of nitrogens with zero attached hydrogens (tertiary/aromatic N) is 1. The summed E-state index contributed by atoms with van der Waals surface area (Å²) in [4.78, 5) is 26.3. The second kappa shape index (κ2) is 12.6. The van der Waals surface area contributed by atoms with Crippen molar-refractivity contribution in [1.29, 1.82) is 0 Å². The number of halogens is 3. The number of amides is 2. The highest BCUT2D eigenvalue weighted by Crippen LogP contribution is 2.36. The van der Waals surface area contributed by atoms with Crippen LogP contribution in [0.1, 0.15) is 34.5 Å². The zero-order valence-electron chi connectivity index (χ0n) is 21.8. The lowest BCUT2D eigenvalue weighted by atomic mass is 9.91. The highest BCUT2D eigenvalue weighted by Gasteiger charge is 2.37. The van der Waals surface area contributed by atoms with Crippen molar-refractivity contribution < 1.29 is 22.4 Å². The van der Waals surface area contributed by atoms with E-state index in [1.165, 1.54) is 32.2 Å². The van der Waals surface area contributed by atoms with Gasteiger partial charge in [0.2, 0.25) is 15.9 Å². The molecule has 2 amide bonds. The smallest absolute Gasteiger partial charge is 0.254 e. The van der Waals surface area contributed by atoms with Gasteiger partial charge in [-0.1, -0.05) is 53.5 Å². The van der Waals surface area contributed by atoms with Crippen LogP contribution in [0, 0.1) is 11.7 Å². The van der Waals surface area contributed by atoms with Crippen LogP contribution in [0.2, 0.25) is 10.0 Å². The Kier molecular flexibility index (Phi) is 9.35. The Morgan fingerprint density at radius 3 is 2.05 bits per heavy atom. The van der Waals surface area contributed by atoms with E-state index in [1.54, 1.807) is 0 Å². The maximum atomic E-state index is 15.1. The summed E-state index contributed by atoms with van der Waals surface area (Å²) in [6.45, 7) is 2.45. The van der Waals surface area contributed by atoms with E-state index in [1.807, 2.05) is 48.5 Å². The molecule has 0 aromatic heterocycles. The first-order valence-electron chi connectivity index (χ1n) is 12.5. The average molecular weight is 608 g/mol. The summed E-state index contributed by atoms with van der Waals surface area (Å²) < 4.78 is 43.3. The van der Waals surface area contributed by atoms with Crippen LogP contribution < -0.4 is 15.4 Å². The van der Waals surface area contributed by atoms with E-state index in [2.05, 4.69) is 20.3 Å². The van der Waals surface area contributed by atoms with Gasteiger partial charge in [0.05, 0.1) is 23.0 Å². The summed E-state index contributed by atoms with van der Waals surface area (Å²) >= 11 is 12.2. The van der Waals surface area contributed by atoms with Gasteiger partial charge in [-0.15, -0.1) is 0 Å². The van der Waals surface area contributed by atoms with Crippen molar-refractivity contribution in [2.24, 2.45) is 5.92 Å². The highest BCUT2D eigenvalue weighted by atomic mass is 35.5. The molecule has 0 radical (unpaired) electrons. The Balaban J connectivity index is 1.43. The Morgan fingerprint density at radius 2 is 1.52 bits per heavy atom. The standard InChI is InChI=1S/C28H29Cl2FN4O4S/c1-17(27(36)32-2)33-28(37)23-4-3-5-24(25(23)31)34-40(38,39)16-18-14-35(15-18)26(19-6-10-21(29)11-7-19)20-8-12-22(30)13-9-20/h3-13,17-18,26,34H,14-16H2,1-2H3,(H,32,36)(H,33,37). The van der Waals surface area contributed by atoms with Gasteiger partial charge in [-0.3, -0.25) is 19.2 Å². The van der Waals surface area contributed by atoms with Crippen LogP contribution in [0.15, 0.2) is 66.7 Å². The maximum absolute atomic E-state index is 15.1. The number of likely N-dealkylation sites (tertiary alicyclic amines) is 1. The second-order valence-corrected chi connectivity index (χ2v) is 12.3. The average Bonchev–Trinajstić information content (AvgIpc) is 2.89. The summed E-state index contributed by atoms with van der Waals surface area (Å²) in [6.07, 6.45) is 0. The zero-order valence-corrected chi connectivity index (χ0v) is 24.2. The summed E-state index contributed by atoms with van der Waals surface area (Å²) in [5, 5.41) is 6.01. The lowest BCUT2D eigenvalue weighted by molar-refractivity contribution is -0.122. The minimum absolute atomic E-state index is 0.119. The van der Waals surface area contributed by atoms with Crippen LogP contribution in [-0.2, 0) is 14.8 Å². The van der Waals surface area contributed by atoms with Crippen molar-refractivity contribution >= 4 is 50.7 Å². The number of likely N-dealkylation sites (N-methyl/N-ethyl adjacent to an activating group) is 1. The first kappa shape index (κ1) is 29.8. The molecule has 1 saturated heterocycles. The first-order chi connectivity index (χ1) is 19.0. The molecule has 12 heteroatoms. The number of anilines is 1. The molecule has 40 heavy (non-hydrogen) atoms. The third kappa shape index (κ3) is 7.11. The Labute approximate surface area is 242 Å². The molecule has 1 fully saturated rings. The molecule has 1 atom stereocenters. The molecule has 212 valence electrons. The number of sulfonamides is 1. The molecule has 4 rings (SSSR count). The van der Waals surface area contributed by atoms with Gasteiger partial charge in [-0.2, -0.15) is 0 Å². The van der Waals surface area contributed by atoms with Gasteiger partial charge in [-0.05, 0) is 54.4 Å². The molecule has 0 spiro atoms. The molecule has 1 heterocycles. The van der Waals surface area contributed by atoms with E-state index in [9.17, 15) is 18.0 Å². The van der Waals surface area contributed by atoms with Crippen LogP contribution in [-0.4, -0.2) is 57.1 Å². The molecular weight excluding hydrogens is 578 g/mol. The monoisotopic (exact) mass is 606 g/mol. The van der Waals surface area contributed by atoms with Crippen molar-refractivity contribution in [2.45, 2.75) is 19.0 Å². The number of benzene rings is 3. The van der Waals surface area contributed by atoms with Crippen molar-refractivity contribution in [2.75, 3.05) is 30.6 Å². The molecule has 3 aromatic carbocycles. The largest absolute Gasteiger partial charge is 0.357 e. The van der Waals surface area contributed by atoms with E-state index >= 15 is 4.39 Å².